The SMILES string of the molecule is COc1ccc2cc([C@H](C)C(=O)OCC(=O)OCC(COC(=O)COC(=O)[C@@H](C)c3ccc4cc(OC)ccc4c3)(COC(=O)COC(=O)[C@H](C)c3ccc4cc(OC)ccc4c3)COC(=O)COC(=O)[C@H](C)c3ccc4cc(OC)ccc4c3)ccc2c1. The van der Waals surface area contributed by atoms with E-state index in [-0.39, 0.29) is 0 Å². The standard InChI is InChI=1S/C69H68O20/c1-41(45-9-13-53-29-57(78-5)21-17-49(53)25-45)65(74)82-33-61(70)86-37-69(38-87-62(71)34-83-66(75)42(2)46-10-14-54-30-58(79-6)22-18-50(54)26-46,39-88-63(72)35-84-67(76)43(3)47-11-15-55-31-59(80-7)23-19-51(55)27-47)40-89-64(73)36-85-68(77)44(4)48-12-16-56-32-60(81-8)24-20-52(56)28-48/h9-32,41-44H,33-40H2,1-8H3/t41-,42-,43+,44+. The molecule has 0 heterocycles. The van der Waals surface area contributed by atoms with Crippen molar-refractivity contribution in [3.05, 3.63) is 168 Å². The zero-order chi connectivity index (χ0) is 63.8. The van der Waals surface area contributed by atoms with Crippen molar-refractivity contribution < 1.29 is 95.2 Å². The van der Waals surface area contributed by atoms with Gasteiger partial charge in [0, 0.05) is 0 Å². The van der Waals surface area contributed by atoms with Gasteiger partial charge in [-0.1, -0.05) is 97.1 Å². The van der Waals surface area contributed by atoms with Crippen LogP contribution in [0.4, 0.5) is 0 Å². The summed E-state index contributed by atoms with van der Waals surface area (Å²) < 4.78 is 65.3. The fraction of sp³-hybridized carbons (Fsp3) is 0.304. The van der Waals surface area contributed by atoms with Crippen LogP contribution in [0.15, 0.2) is 146 Å². The van der Waals surface area contributed by atoms with E-state index < -0.39 is 130 Å². The zero-order valence-corrected chi connectivity index (χ0v) is 50.5. The van der Waals surface area contributed by atoms with Crippen LogP contribution in [-0.4, -0.2) is 129 Å². The predicted octanol–water partition coefficient (Wildman–Crippen LogP) is 10.2. The number of rotatable bonds is 28. The Morgan fingerprint density at radius 1 is 0.281 bits per heavy atom. The molecule has 89 heavy (non-hydrogen) atoms. The summed E-state index contributed by atoms with van der Waals surface area (Å²) >= 11 is 0. The highest BCUT2D eigenvalue weighted by Crippen LogP contribution is 2.31. The van der Waals surface area contributed by atoms with E-state index >= 15 is 0 Å². The zero-order valence-electron chi connectivity index (χ0n) is 50.5. The largest absolute Gasteiger partial charge is 0.497 e. The van der Waals surface area contributed by atoms with Gasteiger partial charge in [0.1, 0.15) is 54.8 Å². The van der Waals surface area contributed by atoms with Gasteiger partial charge < -0.3 is 56.8 Å². The van der Waals surface area contributed by atoms with Gasteiger partial charge in [-0.05, 0) is 142 Å². The van der Waals surface area contributed by atoms with E-state index in [4.69, 9.17) is 56.8 Å². The monoisotopic (exact) mass is 1220 g/mol. The molecule has 0 aromatic heterocycles. The van der Waals surface area contributed by atoms with Gasteiger partial charge in [0.15, 0.2) is 26.4 Å². The van der Waals surface area contributed by atoms with Crippen LogP contribution in [0.3, 0.4) is 0 Å². The predicted molar refractivity (Wildman–Crippen MR) is 326 cm³/mol. The number of esters is 8. The molecule has 0 saturated carbocycles. The molecule has 20 nitrogen and oxygen atoms in total. The molecular formula is C69H68O20. The second-order valence-electron chi connectivity index (χ2n) is 21.4. The highest BCUT2D eigenvalue weighted by atomic mass is 16.6. The lowest BCUT2D eigenvalue weighted by atomic mass is 9.92. The molecule has 0 radical (unpaired) electrons. The topological polar surface area (TPSA) is 247 Å². The van der Waals surface area contributed by atoms with Gasteiger partial charge in [0.05, 0.1) is 52.1 Å². The highest BCUT2D eigenvalue weighted by molar-refractivity contribution is 5.91. The molecule has 0 unspecified atom stereocenters. The van der Waals surface area contributed by atoms with E-state index in [0.717, 1.165) is 43.1 Å². The maximum Gasteiger partial charge on any atom is 0.344 e. The van der Waals surface area contributed by atoms with Crippen molar-refractivity contribution in [1.82, 2.24) is 0 Å². The number of carbonyl (C=O) groups is 8. The van der Waals surface area contributed by atoms with Crippen LogP contribution >= 0.6 is 0 Å². The van der Waals surface area contributed by atoms with E-state index in [0.29, 0.717) is 45.3 Å². The maximum atomic E-state index is 13.6. The average molecular weight is 1220 g/mol. The van der Waals surface area contributed by atoms with Crippen LogP contribution in [0.1, 0.15) is 73.6 Å². The molecule has 0 fully saturated rings. The Labute approximate surface area is 513 Å². The highest BCUT2D eigenvalue weighted by Gasteiger charge is 2.39. The first-order valence-corrected chi connectivity index (χ1v) is 28.4. The Balaban J connectivity index is 0.974. The second-order valence-corrected chi connectivity index (χ2v) is 21.4. The number of hydrogen-bond acceptors (Lipinski definition) is 20. The molecular weight excluding hydrogens is 1150 g/mol. The molecule has 0 aliphatic heterocycles. The quantitative estimate of drug-likeness (QED) is 0.0327. The summed E-state index contributed by atoms with van der Waals surface area (Å²) in [5, 5.41) is 6.74. The van der Waals surface area contributed by atoms with E-state index in [1.54, 1.807) is 129 Å². The van der Waals surface area contributed by atoms with Crippen LogP contribution < -0.4 is 18.9 Å². The molecule has 8 aromatic carbocycles. The summed E-state index contributed by atoms with van der Waals surface area (Å²) in [7, 11) is 6.21. The Morgan fingerprint density at radius 3 is 0.674 bits per heavy atom. The van der Waals surface area contributed by atoms with Gasteiger partial charge in [-0.25, -0.2) is 19.2 Å². The van der Waals surface area contributed by atoms with Gasteiger partial charge in [-0.3, -0.25) is 19.2 Å². The fourth-order valence-electron chi connectivity index (χ4n) is 9.47. The van der Waals surface area contributed by atoms with Gasteiger partial charge in [0.25, 0.3) is 0 Å². The van der Waals surface area contributed by atoms with Crippen LogP contribution in [0.2, 0.25) is 0 Å². The Kier molecular flexibility index (Phi) is 21.8. The number of benzene rings is 8. The summed E-state index contributed by atoms with van der Waals surface area (Å²) in [6, 6.07) is 43.2. The van der Waals surface area contributed by atoms with Crippen molar-refractivity contribution >= 4 is 90.8 Å². The molecule has 464 valence electrons. The van der Waals surface area contributed by atoms with Crippen LogP contribution in [0.5, 0.6) is 23.0 Å². The summed E-state index contributed by atoms with van der Waals surface area (Å²) in [6.45, 7) is -0.663. The molecule has 0 aliphatic rings. The summed E-state index contributed by atoms with van der Waals surface area (Å²) in [6.07, 6.45) is 0. The molecule has 8 aromatic rings. The molecule has 8 rings (SSSR count). The van der Waals surface area contributed by atoms with Crippen molar-refractivity contribution in [3.63, 3.8) is 0 Å². The molecule has 0 N–H and O–H groups in total. The minimum Gasteiger partial charge on any atom is -0.497 e. The molecule has 0 spiro atoms. The first-order chi connectivity index (χ1) is 42.8. The van der Waals surface area contributed by atoms with Crippen molar-refractivity contribution in [2.75, 3.05) is 81.3 Å². The van der Waals surface area contributed by atoms with Crippen molar-refractivity contribution in [1.29, 1.82) is 0 Å². The average Bonchev–Trinajstić information content (AvgIpc) is 2.31. The molecule has 20 heteroatoms. The number of ether oxygens (including phenoxy) is 12. The minimum absolute atomic E-state index is 0.589. The molecule has 0 aliphatic carbocycles. The Bertz CT molecular complexity index is 3420. The van der Waals surface area contributed by atoms with Crippen LogP contribution in [0, 0.1) is 5.41 Å². The van der Waals surface area contributed by atoms with Crippen molar-refractivity contribution in [2.45, 2.75) is 51.4 Å². The summed E-state index contributed by atoms with van der Waals surface area (Å²) in [4.78, 5) is 108. The molecule has 0 amide bonds. The van der Waals surface area contributed by atoms with Gasteiger partial charge in [0.2, 0.25) is 0 Å². The lowest BCUT2D eigenvalue weighted by Crippen LogP contribution is -2.45. The number of fused-ring (bicyclic) bond motifs is 4. The van der Waals surface area contributed by atoms with Crippen LogP contribution in [-0.2, 0) is 76.3 Å². The summed E-state index contributed by atoms with van der Waals surface area (Å²) in [5.41, 5.74) is 0.359. The number of carbonyl (C=O) groups excluding carboxylic acids is 8. The first-order valence-electron chi connectivity index (χ1n) is 28.4. The van der Waals surface area contributed by atoms with Crippen molar-refractivity contribution in [3.8, 4) is 23.0 Å². The Hall–Kier alpha value is -10.2. The second kappa shape index (κ2) is 29.9. The molecule has 0 bridgehead atoms. The third-order valence-electron chi connectivity index (χ3n) is 15.2. The van der Waals surface area contributed by atoms with E-state index in [9.17, 15) is 38.4 Å². The minimum atomic E-state index is -2.00. The number of hydrogen-bond donors (Lipinski definition) is 0. The maximum absolute atomic E-state index is 13.6. The van der Waals surface area contributed by atoms with Gasteiger partial charge in [-0.15, -0.1) is 0 Å². The van der Waals surface area contributed by atoms with Crippen molar-refractivity contribution in [2.24, 2.45) is 5.41 Å². The van der Waals surface area contributed by atoms with E-state index in [2.05, 4.69) is 0 Å². The summed E-state index contributed by atoms with van der Waals surface area (Å²) in [5.74, 6) is -8.36. The van der Waals surface area contributed by atoms with Gasteiger partial charge >= 0.3 is 47.8 Å². The van der Waals surface area contributed by atoms with E-state index in [1.807, 2.05) is 72.8 Å². The fourth-order valence-corrected chi connectivity index (χ4v) is 9.47. The molecule has 0 saturated heterocycles. The first kappa shape index (κ1) is 64.8. The lowest BCUT2D eigenvalue weighted by molar-refractivity contribution is -0.180. The normalized spacial score (nSPS) is 12.6. The molecule has 4 atom stereocenters. The third kappa shape index (κ3) is 17.1. The third-order valence-corrected chi connectivity index (χ3v) is 15.2. The van der Waals surface area contributed by atoms with Gasteiger partial charge in [-0.2, -0.15) is 0 Å². The lowest BCUT2D eigenvalue weighted by Gasteiger charge is -2.31. The van der Waals surface area contributed by atoms with E-state index in [1.165, 1.54) is 0 Å². The van der Waals surface area contributed by atoms with Crippen LogP contribution in [0.25, 0.3) is 43.1 Å². The number of methoxy groups -OCH3 is 4. The Morgan fingerprint density at radius 2 is 0.472 bits per heavy atom. The smallest absolute Gasteiger partial charge is 0.344 e.